The van der Waals surface area contributed by atoms with Crippen LogP contribution in [0.5, 0.6) is 0 Å². The Kier molecular flexibility index (Phi) is 8.25. The number of aromatic nitrogens is 2. The van der Waals surface area contributed by atoms with Gasteiger partial charge in [0.1, 0.15) is 17.5 Å². The molecule has 0 saturated carbocycles. The zero-order valence-corrected chi connectivity index (χ0v) is 20.0. The molecule has 0 aliphatic carbocycles. The molecule has 1 saturated heterocycles. The molecule has 0 bridgehead atoms. The van der Waals surface area contributed by atoms with E-state index < -0.39 is 29.5 Å². The van der Waals surface area contributed by atoms with E-state index in [1.165, 1.54) is 29.0 Å². The third kappa shape index (κ3) is 6.47. The van der Waals surface area contributed by atoms with Gasteiger partial charge in [0, 0.05) is 37.2 Å². The summed E-state index contributed by atoms with van der Waals surface area (Å²) in [4.78, 5) is 50.9. The Morgan fingerprint density at radius 3 is 2.77 bits per heavy atom. The molecular weight excluding hydrogens is 450 g/mol. The largest absolute Gasteiger partial charge is 0.361 e. The van der Waals surface area contributed by atoms with E-state index in [0.29, 0.717) is 25.1 Å². The number of aryl methyl sites for hydroxylation is 1. The van der Waals surface area contributed by atoms with Crippen molar-refractivity contribution in [2.45, 2.75) is 52.1 Å². The Bertz CT molecular complexity index is 1230. The maximum atomic E-state index is 13.3. The van der Waals surface area contributed by atoms with E-state index >= 15 is 0 Å². The maximum absolute atomic E-state index is 13.3. The quantitative estimate of drug-likeness (QED) is 0.372. The SMILES string of the molecule is C#CC[C@@H](C(=O)N[C@H](C=C(C)C)C[C@@H]1CCNC1=O)n1cccc(NC(=O)c2cc(C)on2)c1=O. The van der Waals surface area contributed by atoms with Crippen molar-refractivity contribution in [2.24, 2.45) is 5.92 Å². The summed E-state index contributed by atoms with van der Waals surface area (Å²) in [6.07, 6.45) is 9.93. The van der Waals surface area contributed by atoms with E-state index in [0.717, 1.165) is 5.57 Å². The van der Waals surface area contributed by atoms with Crippen LogP contribution in [0.15, 0.2) is 45.4 Å². The second-order valence-electron chi connectivity index (χ2n) is 8.71. The fourth-order valence-corrected chi connectivity index (χ4v) is 3.97. The highest BCUT2D eigenvalue weighted by molar-refractivity contribution is 6.02. The summed E-state index contributed by atoms with van der Waals surface area (Å²) in [6.45, 7) is 6.06. The molecule has 0 unspecified atom stereocenters. The van der Waals surface area contributed by atoms with Crippen molar-refractivity contribution in [3.63, 3.8) is 0 Å². The number of terminal acetylenes is 1. The van der Waals surface area contributed by atoms with Gasteiger partial charge >= 0.3 is 0 Å². The molecule has 1 aliphatic heterocycles. The zero-order chi connectivity index (χ0) is 25.5. The lowest BCUT2D eigenvalue weighted by atomic mass is 9.96. The van der Waals surface area contributed by atoms with Gasteiger partial charge in [0.05, 0.1) is 0 Å². The molecule has 3 N–H and O–H groups in total. The van der Waals surface area contributed by atoms with Gasteiger partial charge in [-0.05, 0) is 45.7 Å². The smallest absolute Gasteiger partial charge is 0.278 e. The van der Waals surface area contributed by atoms with Crippen molar-refractivity contribution in [3.05, 3.63) is 57.9 Å². The van der Waals surface area contributed by atoms with Crippen LogP contribution in [0.3, 0.4) is 0 Å². The van der Waals surface area contributed by atoms with E-state index in [1.54, 1.807) is 6.92 Å². The lowest BCUT2D eigenvalue weighted by Gasteiger charge is -2.23. The second-order valence-corrected chi connectivity index (χ2v) is 8.71. The minimum Gasteiger partial charge on any atom is -0.361 e. The Labute approximate surface area is 203 Å². The van der Waals surface area contributed by atoms with Crippen molar-refractivity contribution in [2.75, 3.05) is 11.9 Å². The van der Waals surface area contributed by atoms with Gasteiger partial charge in [0.2, 0.25) is 11.8 Å². The first kappa shape index (κ1) is 25.5. The van der Waals surface area contributed by atoms with Crippen molar-refractivity contribution in [1.82, 2.24) is 20.4 Å². The number of allylic oxidation sites excluding steroid dienone is 1. The Morgan fingerprint density at radius 2 is 2.17 bits per heavy atom. The van der Waals surface area contributed by atoms with Crippen LogP contribution in [0.1, 0.15) is 55.4 Å². The summed E-state index contributed by atoms with van der Waals surface area (Å²) in [7, 11) is 0. The molecule has 2 aromatic rings. The molecule has 35 heavy (non-hydrogen) atoms. The van der Waals surface area contributed by atoms with Crippen LogP contribution in [-0.4, -0.2) is 40.0 Å². The van der Waals surface area contributed by atoms with Gasteiger partial charge in [-0.15, -0.1) is 12.3 Å². The van der Waals surface area contributed by atoms with E-state index in [-0.39, 0.29) is 29.6 Å². The number of carbonyl (C=O) groups excluding carboxylic acids is 3. The van der Waals surface area contributed by atoms with Gasteiger partial charge in [0.15, 0.2) is 5.69 Å². The summed E-state index contributed by atoms with van der Waals surface area (Å²) < 4.78 is 6.09. The van der Waals surface area contributed by atoms with E-state index in [2.05, 4.69) is 27.0 Å². The number of carbonyl (C=O) groups is 3. The average Bonchev–Trinajstić information content (AvgIpc) is 3.41. The first-order valence-corrected chi connectivity index (χ1v) is 11.3. The van der Waals surface area contributed by atoms with Crippen molar-refractivity contribution >= 4 is 23.4 Å². The number of amides is 3. The van der Waals surface area contributed by atoms with E-state index in [9.17, 15) is 19.2 Å². The van der Waals surface area contributed by atoms with Gasteiger partial charge in [-0.25, -0.2) is 0 Å². The summed E-state index contributed by atoms with van der Waals surface area (Å²) in [5, 5.41) is 11.9. The third-order valence-electron chi connectivity index (χ3n) is 5.60. The summed E-state index contributed by atoms with van der Waals surface area (Å²) in [5.41, 5.74) is 0.379. The molecule has 3 atom stereocenters. The minimum atomic E-state index is -1.01. The molecule has 3 heterocycles. The van der Waals surface area contributed by atoms with Gasteiger partial charge in [0.25, 0.3) is 11.5 Å². The fourth-order valence-electron chi connectivity index (χ4n) is 3.97. The highest BCUT2D eigenvalue weighted by atomic mass is 16.5. The van der Waals surface area contributed by atoms with Crippen LogP contribution in [0, 0.1) is 25.2 Å². The predicted molar refractivity (Wildman–Crippen MR) is 129 cm³/mol. The van der Waals surface area contributed by atoms with Crippen LogP contribution >= 0.6 is 0 Å². The van der Waals surface area contributed by atoms with Crippen molar-refractivity contribution < 1.29 is 18.9 Å². The van der Waals surface area contributed by atoms with Crippen molar-refractivity contribution in [3.8, 4) is 12.3 Å². The van der Waals surface area contributed by atoms with Gasteiger partial charge in [-0.2, -0.15) is 0 Å². The number of anilines is 1. The lowest BCUT2D eigenvalue weighted by molar-refractivity contribution is -0.126. The number of nitrogens with one attached hydrogen (secondary N) is 3. The second kappa shape index (κ2) is 11.3. The number of nitrogens with zero attached hydrogens (tertiary/aromatic N) is 2. The monoisotopic (exact) mass is 479 g/mol. The number of hydrogen-bond acceptors (Lipinski definition) is 6. The number of pyridine rings is 1. The van der Waals surface area contributed by atoms with Gasteiger partial charge in [-0.3, -0.25) is 19.2 Å². The number of rotatable bonds is 9. The standard InChI is InChI=1S/C25H29N5O5/c1-5-7-21(24(33)27-18(12-15(2)3)14-17-9-10-26-22(17)31)30-11-6-8-19(25(30)34)28-23(32)20-13-16(4)35-29-20/h1,6,8,11-13,17-18,21H,7,9-10,14H2,2-4H3,(H,26,31)(H,27,33)(H,28,32)/t17-,18+,21-/m0/s1. The molecule has 3 amide bonds. The fraction of sp³-hybridized carbons (Fsp3) is 0.400. The van der Waals surface area contributed by atoms with Crippen LogP contribution in [-0.2, 0) is 9.59 Å². The molecule has 10 heteroatoms. The zero-order valence-electron chi connectivity index (χ0n) is 20.0. The molecule has 10 nitrogen and oxygen atoms in total. The normalized spacial score (nSPS) is 16.5. The highest BCUT2D eigenvalue weighted by Gasteiger charge is 2.29. The first-order chi connectivity index (χ1) is 16.7. The molecular formula is C25H29N5O5. The van der Waals surface area contributed by atoms with Gasteiger partial charge < -0.3 is 25.0 Å². The highest BCUT2D eigenvalue weighted by Crippen LogP contribution is 2.19. The average molecular weight is 480 g/mol. The summed E-state index contributed by atoms with van der Waals surface area (Å²) in [6, 6.07) is 3.00. The topological polar surface area (TPSA) is 135 Å². The van der Waals surface area contributed by atoms with E-state index in [1.807, 2.05) is 19.9 Å². The van der Waals surface area contributed by atoms with Crippen LogP contribution < -0.4 is 21.5 Å². The minimum absolute atomic E-state index is 0.0238. The molecule has 0 aromatic carbocycles. The van der Waals surface area contributed by atoms with Crippen LogP contribution in [0.2, 0.25) is 0 Å². The van der Waals surface area contributed by atoms with Crippen LogP contribution in [0.25, 0.3) is 0 Å². The predicted octanol–water partition coefficient (Wildman–Crippen LogP) is 1.94. The Hall–Kier alpha value is -4.13. The van der Waals surface area contributed by atoms with Crippen molar-refractivity contribution in [1.29, 1.82) is 0 Å². The number of hydrogen-bond donors (Lipinski definition) is 3. The molecule has 0 spiro atoms. The molecule has 1 fully saturated rings. The first-order valence-electron chi connectivity index (χ1n) is 11.3. The summed E-state index contributed by atoms with van der Waals surface area (Å²) in [5.74, 6) is 1.59. The molecule has 0 radical (unpaired) electrons. The van der Waals surface area contributed by atoms with Crippen LogP contribution in [0.4, 0.5) is 5.69 Å². The van der Waals surface area contributed by atoms with E-state index in [4.69, 9.17) is 10.9 Å². The lowest BCUT2D eigenvalue weighted by Crippen LogP contribution is -2.43. The molecule has 1 aliphatic rings. The molecule has 184 valence electrons. The Balaban J connectivity index is 1.82. The Morgan fingerprint density at radius 1 is 1.40 bits per heavy atom. The molecule has 3 rings (SSSR count). The molecule has 2 aromatic heterocycles. The summed E-state index contributed by atoms with van der Waals surface area (Å²) >= 11 is 0. The maximum Gasteiger partial charge on any atom is 0.278 e. The third-order valence-corrected chi connectivity index (χ3v) is 5.60. The van der Waals surface area contributed by atoms with Gasteiger partial charge in [-0.1, -0.05) is 16.8 Å².